The van der Waals surface area contributed by atoms with Crippen LogP contribution in [-0.2, 0) is 16.4 Å². The van der Waals surface area contributed by atoms with Gasteiger partial charge in [-0.25, -0.2) is 13.4 Å². The summed E-state index contributed by atoms with van der Waals surface area (Å²) in [6.07, 6.45) is 5.05. The van der Waals surface area contributed by atoms with Gasteiger partial charge in [0.15, 0.2) is 5.03 Å². The van der Waals surface area contributed by atoms with Crippen LogP contribution < -0.4 is 5.32 Å². The summed E-state index contributed by atoms with van der Waals surface area (Å²) in [6.45, 7) is 7.10. The van der Waals surface area contributed by atoms with Crippen molar-refractivity contribution in [3.63, 3.8) is 0 Å². The quantitative estimate of drug-likeness (QED) is 0.797. The summed E-state index contributed by atoms with van der Waals surface area (Å²) in [5, 5.41) is 3.54. The zero-order valence-electron chi connectivity index (χ0n) is 12.9. The predicted molar refractivity (Wildman–Crippen MR) is 82.6 cm³/mol. The maximum atomic E-state index is 12.8. The highest BCUT2D eigenvalue weighted by atomic mass is 32.2. The Bertz CT molecular complexity index is 535. The molecular weight excluding hydrogens is 288 g/mol. The van der Waals surface area contributed by atoms with E-state index in [1.807, 2.05) is 13.8 Å². The number of aryl methyl sites for hydroxylation is 1. The molecule has 0 amide bonds. The van der Waals surface area contributed by atoms with E-state index in [1.165, 1.54) is 6.20 Å². The van der Waals surface area contributed by atoms with Crippen molar-refractivity contribution in [2.24, 2.45) is 5.92 Å². The topological polar surface area (TPSA) is 78.1 Å². The van der Waals surface area contributed by atoms with E-state index in [1.54, 1.807) is 4.31 Å². The van der Waals surface area contributed by atoms with Gasteiger partial charge in [-0.05, 0) is 38.3 Å². The van der Waals surface area contributed by atoms with Crippen LogP contribution in [0.25, 0.3) is 0 Å². The number of aromatic amines is 1. The molecule has 0 spiro atoms. The number of piperidine rings is 1. The molecule has 0 aliphatic carbocycles. The second-order valence-corrected chi connectivity index (χ2v) is 7.51. The molecule has 0 aromatic carbocycles. The van der Waals surface area contributed by atoms with E-state index in [9.17, 15) is 8.42 Å². The molecule has 0 atom stereocenters. The molecular formula is C14H26N4O2S. The minimum Gasteiger partial charge on any atom is -0.332 e. The Hall–Kier alpha value is -0.920. The van der Waals surface area contributed by atoms with E-state index in [4.69, 9.17) is 0 Å². The Balaban J connectivity index is 2.14. The van der Waals surface area contributed by atoms with Crippen LogP contribution in [0.15, 0.2) is 11.2 Å². The van der Waals surface area contributed by atoms with Gasteiger partial charge in [0.25, 0.3) is 10.0 Å². The third-order valence-corrected chi connectivity index (χ3v) is 5.73. The van der Waals surface area contributed by atoms with Gasteiger partial charge >= 0.3 is 0 Å². The maximum absolute atomic E-state index is 12.8. The summed E-state index contributed by atoms with van der Waals surface area (Å²) in [7, 11) is -3.46. The SMILES string of the molecule is CCCN(CC1CCNCC1)S(=O)(=O)c1cnc(CC)[nH]1. The number of nitrogens with one attached hydrogen (secondary N) is 2. The van der Waals surface area contributed by atoms with Gasteiger partial charge in [-0.15, -0.1) is 0 Å². The molecule has 7 heteroatoms. The number of aromatic nitrogens is 2. The van der Waals surface area contributed by atoms with Gasteiger partial charge in [-0.2, -0.15) is 4.31 Å². The monoisotopic (exact) mass is 314 g/mol. The minimum absolute atomic E-state index is 0.224. The third kappa shape index (κ3) is 4.05. The van der Waals surface area contributed by atoms with Gasteiger partial charge in [-0.1, -0.05) is 13.8 Å². The number of hydrogen-bond donors (Lipinski definition) is 2. The second kappa shape index (κ2) is 7.38. The largest absolute Gasteiger partial charge is 0.332 e. The molecule has 0 saturated carbocycles. The molecule has 1 aliphatic heterocycles. The molecule has 6 nitrogen and oxygen atoms in total. The van der Waals surface area contributed by atoms with Crippen molar-refractivity contribution in [2.45, 2.75) is 44.6 Å². The number of imidazole rings is 1. The Morgan fingerprint density at radius 1 is 1.33 bits per heavy atom. The summed E-state index contributed by atoms with van der Waals surface area (Å²) >= 11 is 0. The number of sulfonamides is 1. The van der Waals surface area contributed by atoms with Crippen LogP contribution in [0.5, 0.6) is 0 Å². The van der Waals surface area contributed by atoms with Crippen molar-refractivity contribution in [2.75, 3.05) is 26.2 Å². The summed E-state index contributed by atoms with van der Waals surface area (Å²) in [5.74, 6) is 1.16. The maximum Gasteiger partial charge on any atom is 0.260 e. The fourth-order valence-electron chi connectivity index (χ4n) is 2.70. The Morgan fingerprint density at radius 3 is 2.62 bits per heavy atom. The minimum atomic E-state index is -3.46. The lowest BCUT2D eigenvalue weighted by atomic mass is 9.98. The molecule has 0 unspecified atom stereocenters. The van der Waals surface area contributed by atoms with Crippen LogP contribution in [0, 0.1) is 5.92 Å². The van der Waals surface area contributed by atoms with Gasteiger partial charge in [-0.3, -0.25) is 0 Å². The summed E-state index contributed by atoms with van der Waals surface area (Å²) in [6, 6.07) is 0. The van der Waals surface area contributed by atoms with Crippen molar-refractivity contribution < 1.29 is 8.42 Å². The van der Waals surface area contributed by atoms with Gasteiger partial charge in [0.2, 0.25) is 0 Å². The normalized spacial score (nSPS) is 17.5. The van der Waals surface area contributed by atoms with Crippen molar-refractivity contribution in [3.8, 4) is 0 Å². The van der Waals surface area contributed by atoms with Gasteiger partial charge in [0.1, 0.15) is 5.82 Å². The lowest BCUT2D eigenvalue weighted by molar-refractivity contribution is 0.287. The number of rotatable bonds is 7. The lowest BCUT2D eigenvalue weighted by Gasteiger charge is -2.29. The van der Waals surface area contributed by atoms with E-state index in [0.717, 1.165) is 32.4 Å². The standard InChI is InChI=1S/C14H26N4O2S/c1-3-9-18(11-12-5-7-15-8-6-12)21(19,20)14-10-16-13(4-2)17-14/h10,12,15H,3-9,11H2,1-2H3,(H,16,17). The average Bonchev–Trinajstić information content (AvgIpc) is 2.97. The third-order valence-electron chi connectivity index (χ3n) is 3.95. The molecule has 21 heavy (non-hydrogen) atoms. The first-order valence-electron chi connectivity index (χ1n) is 7.82. The van der Waals surface area contributed by atoms with Crippen molar-refractivity contribution in [1.29, 1.82) is 0 Å². The molecule has 2 heterocycles. The molecule has 0 bridgehead atoms. The molecule has 1 saturated heterocycles. The number of nitrogens with zero attached hydrogens (tertiary/aromatic N) is 2. The first-order valence-corrected chi connectivity index (χ1v) is 9.26. The van der Waals surface area contributed by atoms with E-state index >= 15 is 0 Å². The van der Waals surface area contributed by atoms with E-state index in [-0.39, 0.29) is 5.03 Å². The molecule has 1 aromatic heterocycles. The zero-order chi connectivity index (χ0) is 15.3. The number of H-pyrrole nitrogens is 1. The molecule has 120 valence electrons. The summed E-state index contributed by atoms with van der Waals surface area (Å²) in [5.41, 5.74) is 0. The molecule has 1 aromatic rings. The molecule has 0 radical (unpaired) electrons. The summed E-state index contributed by atoms with van der Waals surface area (Å²) < 4.78 is 27.1. The highest BCUT2D eigenvalue weighted by Crippen LogP contribution is 2.20. The molecule has 1 fully saturated rings. The summed E-state index contributed by atoms with van der Waals surface area (Å²) in [4.78, 5) is 7.05. The Labute approximate surface area is 127 Å². The fraction of sp³-hybridized carbons (Fsp3) is 0.786. The van der Waals surface area contributed by atoms with Crippen LogP contribution in [0.2, 0.25) is 0 Å². The first kappa shape index (κ1) is 16.5. The van der Waals surface area contributed by atoms with Crippen molar-refractivity contribution in [3.05, 3.63) is 12.0 Å². The predicted octanol–water partition coefficient (Wildman–Crippen LogP) is 1.37. The molecule has 2 rings (SSSR count). The average molecular weight is 314 g/mol. The van der Waals surface area contributed by atoms with E-state index in [0.29, 0.717) is 31.3 Å². The van der Waals surface area contributed by atoms with E-state index in [2.05, 4.69) is 15.3 Å². The van der Waals surface area contributed by atoms with Crippen LogP contribution in [0.1, 0.15) is 38.9 Å². The fourth-order valence-corrected chi connectivity index (χ4v) is 4.25. The Kier molecular flexibility index (Phi) is 5.78. The van der Waals surface area contributed by atoms with Crippen molar-refractivity contribution >= 4 is 10.0 Å². The number of hydrogen-bond acceptors (Lipinski definition) is 4. The van der Waals surface area contributed by atoms with Crippen LogP contribution >= 0.6 is 0 Å². The second-order valence-electron chi connectivity index (χ2n) is 5.60. The lowest BCUT2D eigenvalue weighted by Crippen LogP contribution is -2.39. The van der Waals surface area contributed by atoms with Crippen LogP contribution in [-0.4, -0.2) is 48.9 Å². The smallest absolute Gasteiger partial charge is 0.260 e. The molecule has 2 N–H and O–H groups in total. The first-order chi connectivity index (χ1) is 10.1. The van der Waals surface area contributed by atoms with Crippen LogP contribution in [0.3, 0.4) is 0 Å². The van der Waals surface area contributed by atoms with Gasteiger partial charge in [0, 0.05) is 19.5 Å². The van der Waals surface area contributed by atoms with E-state index < -0.39 is 10.0 Å². The van der Waals surface area contributed by atoms with Gasteiger partial charge in [0.05, 0.1) is 6.20 Å². The highest BCUT2D eigenvalue weighted by Gasteiger charge is 2.28. The van der Waals surface area contributed by atoms with Crippen LogP contribution in [0.4, 0.5) is 0 Å². The Morgan fingerprint density at radius 2 is 2.05 bits per heavy atom. The zero-order valence-corrected chi connectivity index (χ0v) is 13.7. The van der Waals surface area contributed by atoms with Gasteiger partial charge < -0.3 is 10.3 Å². The molecule has 1 aliphatic rings. The van der Waals surface area contributed by atoms with Crippen molar-refractivity contribution in [1.82, 2.24) is 19.6 Å². The highest BCUT2D eigenvalue weighted by molar-refractivity contribution is 7.89.